The number of hydrogen-bond donors (Lipinski definition) is 1. The molecule has 1 saturated heterocycles. The Morgan fingerprint density at radius 2 is 1.96 bits per heavy atom. The van der Waals surface area contributed by atoms with Gasteiger partial charge in [0.15, 0.2) is 0 Å². The molecule has 0 radical (unpaired) electrons. The predicted molar refractivity (Wildman–Crippen MR) is 106 cm³/mol. The number of likely N-dealkylation sites (tertiary alicyclic amines) is 1. The van der Waals surface area contributed by atoms with Crippen LogP contribution in [0.4, 0.5) is 0 Å². The van der Waals surface area contributed by atoms with Crippen molar-refractivity contribution in [1.29, 1.82) is 0 Å². The minimum absolute atomic E-state index is 0.0758. The first kappa shape index (κ1) is 17.6. The van der Waals surface area contributed by atoms with Crippen molar-refractivity contribution in [3.05, 3.63) is 59.9 Å². The van der Waals surface area contributed by atoms with E-state index in [-0.39, 0.29) is 17.9 Å². The Morgan fingerprint density at radius 1 is 1.19 bits per heavy atom. The second-order valence-corrected chi connectivity index (χ2v) is 7.42. The molecule has 1 aliphatic heterocycles. The molecule has 0 spiro atoms. The van der Waals surface area contributed by atoms with E-state index in [0.717, 1.165) is 42.0 Å². The van der Waals surface area contributed by atoms with Crippen molar-refractivity contribution in [3.8, 4) is 5.75 Å². The highest BCUT2D eigenvalue weighted by Gasteiger charge is 2.27. The van der Waals surface area contributed by atoms with Gasteiger partial charge in [0, 0.05) is 24.6 Å². The molecule has 140 valence electrons. The lowest BCUT2D eigenvalue weighted by atomic mass is 9.96. The summed E-state index contributed by atoms with van der Waals surface area (Å²) in [5.74, 6) is 2.10. The minimum atomic E-state index is 0.0758. The third-order valence-electron chi connectivity index (χ3n) is 4.98. The average molecular weight is 363 g/mol. The number of ether oxygens (including phenoxy) is 1. The summed E-state index contributed by atoms with van der Waals surface area (Å²) in [7, 11) is 0. The summed E-state index contributed by atoms with van der Waals surface area (Å²) in [4.78, 5) is 23.0. The Balaban J connectivity index is 1.48. The quantitative estimate of drug-likeness (QED) is 0.749. The molecule has 1 fully saturated rings. The first-order valence-electron chi connectivity index (χ1n) is 9.61. The van der Waals surface area contributed by atoms with Gasteiger partial charge >= 0.3 is 0 Å². The zero-order valence-electron chi connectivity index (χ0n) is 15.8. The molecule has 1 unspecified atom stereocenters. The maximum atomic E-state index is 12.9. The smallest absolute Gasteiger partial charge is 0.253 e. The molecule has 1 aromatic heterocycles. The first-order chi connectivity index (χ1) is 13.1. The van der Waals surface area contributed by atoms with Crippen LogP contribution in [-0.4, -0.2) is 40.0 Å². The Labute approximate surface area is 159 Å². The van der Waals surface area contributed by atoms with Gasteiger partial charge in [0.05, 0.1) is 17.1 Å². The number of piperidine rings is 1. The molecule has 27 heavy (non-hydrogen) atoms. The number of para-hydroxylation sites is 2. The van der Waals surface area contributed by atoms with Crippen molar-refractivity contribution in [2.45, 2.75) is 38.7 Å². The van der Waals surface area contributed by atoms with E-state index in [9.17, 15) is 4.79 Å². The van der Waals surface area contributed by atoms with Crippen LogP contribution < -0.4 is 4.74 Å². The molecule has 5 heteroatoms. The summed E-state index contributed by atoms with van der Waals surface area (Å²) < 4.78 is 5.66. The fourth-order valence-corrected chi connectivity index (χ4v) is 3.68. The molecule has 1 aliphatic rings. The molecular weight excluding hydrogens is 338 g/mol. The summed E-state index contributed by atoms with van der Waals surface area (Å²) in [6.07, 6.45) is 2.16. The molecule has 2 aromatic carbocycles. The second-order valence-electron chi connectivity index (χ2n) is 7.42. The normalized spacial score (nSPS) is 17.4. The maximum Gasteiger partial charge on any atom is 0.253 e. The molecule has 0 saturated carbocycles. The molecule has 0 bridgehead atoms. The highest BCUT2D eigenvalue weighted by atomic mass is 16.5. The number of benzene rings is 2. The number of fused-ring (bicyclic) bond motifs is 1. The first-order valence-corrected chi connectivity index (χ1v) is 9.61. The van der Waals surface area contributed by atoms with Gasteiger partial charge in [-0.15, -0.1) is 0 Å². The Kier molecular flexibility index (Phi) is 4.84. The number of H-pyrrole nitrogens is 1. The van der Waals surface area contributed by atoms with Gasteiger partial charge in [0.2, 0.25) is 0 Å². The highest BCUT2D eigenvalue weighted by Crippen LogP contribution is 2.28. The van der Waals surface area contributed by atoms with Crippen molar-refractivity contribution < 1.29 is 9.53 Å². The third kappa shape index (κ3) is 3.82. The number of aromatic amines is 1. The van der Waals surface area contributed by atoms with Crippen LogP contribution in [0.5, 0.6) is 5.75 Å². The van der Waals surface area contributed by atoms with Gasteiger partial charge in [-0.1, -0.05) is 12.1 Å². The molecule has 4 rings (SSSR count). The lowest BCUT2D eigenvalue weighted by Gasteiger charge is -2.32. The monoisotopic (exact) mass is 363 g/mol. The second kappa shape index (κ2) is 7.43. The van der Waals surface area contributed by atoms with E-state index >= 15 is 0 Å². The number of nitrogens with zero attached hydrogens (tertiary/aromatic N) is 2. The molecule has 1 amide bonds. The van der Waals surface area contributed by atoms with E-state index in [2.05, 4.69) is 4.98 Å². The summed E-state index contributed by atoms with van der Waals surface area (Å²) in [5.41, 5.74) is 2.74. The Morgan fingerprint density at radius 3 is 2.70 bits per heavy atom. The number of imidazole rings is 1. The number of aromatic nitrogens is 2. The summed E-state index contributed by atoms with van der Waals surface area (Å²) in [6.45, 7) is 5.47. The highest BCUT2D eigenvalue weighted by molar-refractivity contribution is 5.94. The molecule has 5 nitrogen and oxygen atoms in total. The topological polar surface area (TPSA) is 58.2 Å². The lowest BCUT2D eigenvalue weighted by molar-refractivity contribution is 0.0705. The summed E-state index contributed by atoms with van der Waals surface area (Å²) in [6, 6.07) is 15.5. The Bertz CT molecular complexity index is 897. The van der Waals surface area contributed by atoms with E-state index < -0.39 is 0 Å². The molecule has 3 aromatic rings. The number of rotatable bonds is 4. The van der Waals surface area contributed by atoms with Crippen LogP contribution in [0.15, 0.2) is 48.5 Å². The largest absolute Gasteiger partial charge is 0.491 e. The van der Waals surface area contributed by atoms with Gasteiger partial charge in [-0.3, -0.25) is 4.79 Å². The number of carbonyl (C=O) groups excluding carboxylic acids is 1. The van der Waals surface area contributed by atoms with Crippen LogP contribution >= 0.6 is 0 Å². The summed E-state index contributed by atoms with van der Waals surface area (Å²) in [5, 5.41) is 0. The van der Waals surface area contributed by atoms with Gasteiger partial charge < -0.3 is 14.6 Å². The average Bonchev–Trinajstić information content (AvgIpc) is 3.12. The zero-order chi connectivity index (χ0) is 18.8. The standard InChI is InChI=1S/C22H25N3O2/c1-15(2)27-18-11-9-16(10-12-18)22(26)25-13-5-6-17(14-25)21-23-19-7-3-4-8-20(19)24-21/h3-4,7-12,15,17H,5-6,13-14H2,1-2H3,(H,23,24). The fourth-order valence-electron chi connectivity index (χ4n) is 3.68. The van der Waals surface area contributed by atoms with Crippen LogP contribution in [0.3, 0.4) is 0 Å². The van der Waals surface area contributed by atoms with E-state index in [1.54, 1.807) is 0 Å². The van der Waals surface area contributed by atoms with Gasteiger partial charge in [0.1, 0.15) is 11.6 Å². The number of amides is 1. The van der Waals surface area contributed by atoms with Crippen molar-refractivity contribution in [2.24, 2.45) is 0 Å². The van der Waals surface area contributed by atoms with E-state index in [1.807, 2.05) is 67.3 Å². The van der Waals surface area contributed by atoms with Crippen LogP contribution in [0.2, 0.25) is 0 Å². The van der Waals surface area contributed by atoms with Gasteiger partial charge in [-0.25, -0.2) is 4.98 Å². The van der Waals surface area contributed by atoms with Crippen LogP contribution in [0.25, 0.3) is 11.0 Å². The molecule has 1 atom stereocenters. The van der Waals surface area contributed by atoms with E-state index in [4.69, 9.17) is 9.72 Å². The third-order valence-corrected chi connectivity index (χ3v) is 4.98. The van der Waals surface area contributed by atoms with Gasteiger partial charge in [0.25, 0.3) is 5.91 Å². The maximum absolute atomic E-state index is 12.9. The zero-order valence-corrected chi connectivity index (χ0v) is 15.8. The van der Waals surface area contributed by atoms with Crippen LogP contribution in [-0.2, 0) is 0 Å². The molecule has 0 aliphatic carbocycles. The minimum Gasteiger partial charge on any atom is -0.491 e. The molecule has 2 heterocycles. The molecule has 1 N–H and O–H groups in total. The van der Waals surface area contributed by atoms with E-state index in [1.165, 1.54) is 0 Å². The molecular formula is C22H25N3O2. The fraction of sp³-hybridized carbons (Fsp3) is 0.364. The lowest BCUT2D eigenvalue weighted by Crippen LogP contribution is -2.39. The van der Waals surface area contributed by atoms with Gasteiger partial charge in [-0.2, -0.15) is 0 Å². The summed E-state index contributed by atoms with van der Waals surface area (Å²) >= 11 is 0. The van der Waals surface area contributed by atoms with Crippen molar-refractivity contribution >= 4 is 16.9 Å². The van der Waals surface area contributed by atoms with Crippen molar-refractivity contribution in [1.82, 2.24) is 14.9 Å². The number of nitrogens with one attached hydrogen (secondary N) is 1. The van der Waals surface area contributed by atoms with Crippen molar-refractivity contribution in [2.75, 3.05) is 13.1 Å². The van der Waals surface area contributed by atoms with Gasteiger partial charge in [-0.05, 0) is 63.1 Å². The van der Waals surface area contributed by atoms with Crippen molar-refractivity contribution in [3.63, 3.8) is 0 Å². The number of hydrogen-bond acceptors (Lipinski definition) is 3. The predicted octanol–water partition coefficient (Wildman–Crippen LogP) is 4.37. The SMILES string of the molecule is CC(C)Oc1ccc(C(=O)N2CCCC(c3nc4ccccc4[nH]3)C2)cc1. The van der Waals surface area contributed by atoms with Crippen LogP contribution in [0, 0.1) is 0 Å². The van der Waals surface area contributed by atoms with E-state index in [0.29, 0.717) is 12.1 Å². The van der Waals surface area contributed by atoms with Crippen LogP contribution in [0.1, 0.15) is 48.8 Å². The Hall–Kier alpha value is -2.82. The number of carbonyl (C=O) groups is 1.